The molecule has 0 saturated carbocycles. The van der Waals surface area contributed by atoms with Crippen LogP contribution in [0.15, 0.2) is 53.3 Å². The summed E-state index contributed by atoms with van der Waals surface area (Å²) in [6.07, 6.45) is 3.11. The molecular weight excluding hydrogens is 308 g/mol. The average molecular weight is 319 g/mol. The molecule has 1 aromatic carbocycles. The number of amidine groups is 1. The summed E-state index contributed by atoms with van der Waals surface area (Å²) in [5.74, 6) is -0.0112. The van der Waals surface area contributed by atoms with E-state index in [0.29, 0.717) is 11.3 Å². The minimum Gasteiger partial charge on any atom is -0.351 e. The molecule has 0 aliphatic rings. The Balaban J connectivity index is 2.39. The highest BCUT2D eigenvalue weighted by Crippen LogP contribution is 2.20. The van der Waals surface area contributed by atoms with Crippen molar-refractivity contribution in [3.8, 4) is 0 Å². The highest BCUT2D eigenvalue weighted by atomic mass is 79.9. The second-order valence-electron chi connectivity index (χ2n) is 3.74. The number of aromatic nitrogens is 1. The van der Waals surface area contributed by atoms with Crippen LogP contribution in [-0.2, 0) is 0 Å². The molecule has 1 aromatic heterocycles. The van der Waals surface area contributed by atoms with Gasteiger partial charge in [-0.1, -0.05) is 15.9 Å². The Morgan fingerprint density at radius 1 is 1.26 bits per heavy atom. The van der Waals surface area contributed by atoms with Gasteiger partial charge in [-0.2, -0.15) is 0 Å². The van der Waals surface area contributed by atoms with Crippen LogP contribution in [0.5, 0.6) is 0 Å². The van der Waals surface area contributed by atoms with Crippen molar-refractivity contribution in [1.29, 1.82) is 5.41 Å². The molecule has 0 saturated heterocycles. The predicted octanol–water partition coefficient (Wildman–Crippen LogP) is 2.75. The molecule has 0 atom stereocenters. The van der Waals surface area contributed by atoms with E-state index >= 15 is 0 Å². The number of amides is 2. The lowest BCUT2D eigenvalue weighted by atomic mass is 10.2. The maximum atomic E-state index is 11.6. The summed E-state index contributed by atoms with van der Waals surface area (Å²) >= 11 is 3.32. The van der Waals surface area contributed by atoms with E-state index in [0.717, 1.165) is 9.37 Å². The summed E-state index contributed by atoms with van der Waals surface area (Å²) in [6.45, 7) is 0. The molecule has 2 rings (SSSR count). The highest BCUT2D eigenvalue weighted by molar-refractivity contribution is 9.10. The Morgan fingerprint density at radius 2 is 1.95 bits per heavy atom. The normalized spacial score (nSPS) is 9.95. The number of halogens is 1. The van der Waals surface area contributed by atoms with E-state index in [2.05, 4.69) is 20.9 Å². The third-order valence-corrected chi connectivity index (χ3v) is 2.99. The first kappa shape index (κ1) is 13.2. The summed E-state index contributed by atoms with van der Waals surface area (Å²) in [6, 6.07) is 9.66. The first-order chi connectivity index (χ1) is 9.09. The topological polar surface area (TPSA) is 83.1 Å². The number of nitrogens with two attached hydrogens (primary N) is 1. The summed E-state index contributed by atoms with van der Waals surface area (Å²) in [5.41, 5.74) is 6.41. The fourth-order valence-electron chi connectivity index (χ4n) is 1.59. The third-order valence-electron chi connectivity index (χ3n) is 2.46. The zero-order chi connectivity index (χ0) is 13.8. The largest absolute Gasteiger partial charge is 0.351 e. The van der Waals surface area contributed by atoms with Crippen molar-refractivity contribution in [2.24, 2.45) is 5.73 Å². The lowest BCUT2D eigenvalue weighted by Crippen LogP contribution is -2.40. The van der Waals surface area contributed by atoms with Crippen LogP contribution < -0.4 is 10.6 Å². The van der Waals surface area contributed by atoms with E-state index in [1.54, 1.807) is 42.6 Å². The van der Waals surface area contributed by atoms with Gasteiger partial charge in [0.1, 0.15) is 5.84 Å². The number of benzene rings is 1. The number of primary amides is 1. The Kier molecular flexibility index (Phi) is 3.91. The predicted molar refractivity (Wildman–Crippen MR) is 77.3 cm³/mol. The SMILES string of the molecule is N=C(c1cccnc1)N(C(N)=O)c1ccc(Br)cc1. The number of carbonyl (C=O) groups excluding carboxylic acids is 1. The van der Waals surface area contributed by atoms with Crippen molar-refractivity contribution in [3.63, 3.8) is 0 Å². The zero-order valence-corrected chi connectivity index (χ0v) is 11.5. The Morgan fingerprint density at radius 3 is 2.47 bits per heavy atom. The fourth-order valence-corrected chi connectivity index (χ4v) is 1.85. The number of urea groups is 1. The minimum atomic E-state index is -0.712. The number of pyridine rings is 1. The van der Waals surface area contributed by atoms with Crippen molar-refractivity contribution < 1.29 is 4.79 Å². The molecule has 1 heterocycles. The second kappa shape index (κ2) is 5.62. The first-order valence-corrected chi connectivity index (χ1v) is 6.23. The van der Waals surface area contributed by atoms with Crippen LogP contribution in [0, 0.1) is 5.41 Å². The van der Waals surface area contributed by atoms with Gasteiger partial charge in [0, 0.05) is 22.4 Å². The molecule has 0 aliphatic heterocycles. The van der Waals surface area contributed by atoms with Crippen molar-refractivity contribution in [1.82, 2.24) is 4.98 Å². The van der Waals surface area contributed by atoms with Gasteiger partial charge in [-0.05, 0) is 36.4 Å². The number of hydrogen-bond acceptors (Lipinski definition) is 3. The summed E-state index contributed by atoms with van der Waals surface area (Å²) in [4.78, 5) is 16.6. The molecule has 6 heteroatoms. The van der Waals surface area contributed by atoms with Gasteiger partial charge in [0.2, 0.25) is 0 Å². The highest BCUT2D eigenvalue weighted by Gasteiger charge is 2.19. The van der Waals surface area contributed by atoms with Crippen molar-refractivity contribution >= 4 is 33.5 Å². The van der Waals surface area contributed by atoms with E-state index in [1.807, 2.05) is 0 Å². The summed E-state index contributed by atoms with van der Waals surface area (Å²) < 4.78 is 0.883. The third kappa shape index (κ3) is 2.97. The molecule has 0 radical (unpaired) electrons. The van der Waals surface area contributed by atoms with Crippen LogP contribution in [0.4, 0.5) is 10.5 Å². The van der Waals surface area contributed by atoms with Crippen LogP contribution in [0.1, 0.15) is 5.56 Å². The number of anilines is 1. The van der Waals surface area contributed by atoms with E-state index in [-0.39, 0.29) is 5.84 Å². The Bertz CT molecular complexity index is 598. The molecule has 3 N–H and O–H groups in total. The number of rotatable bonds is 2. The van der Waals surface area contributed by atoms with Crippen LogP contribution in [-0.4, -0.2) is 16.9 Å². The zero-order valence-electron chi connectivity index (χ0n) is 9.88. The van der Waals surface area contributed by atoms with Gasteiger partial charge < -0.3 is 5.73 Å². The number of carbonyl (C=O) groups is 1. The molecule has 0 aliphatic carbocycles. The van der Waals surface area contributed by atoms with Gasteiger partial charge in [0.05, 0.1) is 5.69 Å². The fraction of sp³-hybridized carbons (Fsp3) is 0. The molecule has 96 valence electrons. The molecule has 0 spiro atoms. The van der Waals surface area contributed by atoms with E-state index in [1.165, 1.54) is 6.20 Å². The van der Waals surface area contributed by atoms with Gasteiger partial charge in [-0.25, -0.2) is 9.69 Å². The molecule has 0 fully saturated rings. The molecule has 0 unspecified atom stereocenters. The van der Waals surface area contributed by atoms with Gasteiger partial charge in [-0.3, -0.25) is 10.4 Å². The number of hydrogen-bond donors (Lipinski definition) is 2. The molecule has 2 aromatic rings. The Hall–Kier alpha value is -2.21. The molecule has 5 nitrogen and oxygen atoms in total. The summed E-state index contributed by atoms with van der Waals surface area (Å²) in [5, 5.41) is 8.08. The first-order valence-electron chi connectivity index (χ1n) is 5.43. The molecule has 0 bridgehead atoms. The van der Waals surface area contributed by atoms with Gasteiger partial charge in [-0.15, -0.1) is 0 Å². The van der Waals surface area contributed by atoms with Crippen LogP contribution in [0.2, 0.25) is 0 Å². The molecule has 19 heavy (non-hydrogen) atoms. The Labute approximate surface area is 118 Å². The lowest BCUT2D eigenvalue weighted by Gasteiger charge is -2.21. The van der Waals surface area contributed by atoms with Crippen LogP contribution in [0.25, 0.3) is 0 Å². The molecular formula is C13H11BrN4O. The maximum absolute atomic E-state index is 11.6. The number of nitrogens with one attached hydrogen (secondary N) is 1. The van der Waals surface area contributed by atoms with E-state index in [4.69, 9.17) is 11.1 Å². The monoisotopic (exact) mass is 318 g/mol. The van der Waals surface area contributed by atoms with Crippen molar-refractivity contribution in [2.45, 2.75) is 0 Å². The quantitative estimate of drug-likeness (QED) is 0.659. The standard InChI is InChI=1S/C13H11BrN4O/c14-10-3-5-11(6-4-10)18(13(16)19)12(15)9-2-1-7-17-8-9/h1-8,15H,(H2,16,19). The second-order valence-corrected chi connectivity index (χ2v) is 4.66. The molecule has 2 amide bonds. The van der Waals surface area contributed by atoms with Crippen LogP contribution >= 0.6 is 15.9 Å². The lowest BCUT2D eigenvalue weighted by molar-refractivity contribution is 0.256. The van der Waals surface area contributed by atoms with Crippen LogP contribution in [0.3, 0.4) is 0 Å². The van der Waals surface area contributed by atoms with Crippen molar-refractivity contribution in [2.75, 3.05) is 4.90 Å². The average Bonchev–Trinajstić information content (AvgIpc) is 2.42. The van der Waals surface area contributed by atoms with Gasteiger partial charge in [0.15, 0.2) is 0 Å². The van der Waals surface area contributed by atoms with Crippen molar-refractivity contribution in [3.05, 3.63) is 58.8 Å². The number of nitrogens with zero attached hydrogens (tertiary/aromatic N) is 2. The van der Waals surface area contributed by atoms with Gasteiger partial charge >= 0.3 is 6.03 Å². The smallest absolute Gasteiger partial charge is 0.325 e. The maximum Gasteiger partial charge on any atom is 0.325 e. The van der Waals surface area contributed by atoms with E-state index in [9.17, 15) is 4.79 Å². The van der Waals surface area contributed by atoms with E-state index < -0.39 is 6.03 Å². The summed E-state index contributed by atoms with van der Waals surface area (Å²) in [7, 11) is 0. The minimum absolute atomic E-state index is 0.0112. The van der Waals surface area contributed by atoms with Gasteiger partial charge in [0.25, 0.3) is 0 Å².